The van der Waals surface area contributed by atoms with Gasteiger partial charge in [0.05, 0.1) is 11.0 Å². The molecule has 0 aliphatic carbocycles. The molecule has 0 unspecified atom stereocenters. The van der Waals surface area contributed by atoms with E-state index in [0.717, 1.165) is 12.1 Å². The van der Waals surface area contributed by atoms with Gasteiger partial charge in [0, 0.05) is 10.8 Å². The maximum Gasteiger partial charge on any atom is 0.433 e. The summed E-state index contributed by atoms with van der Waals surface area (Å²) in [7, 11) is 0. The fourth-order valence-corrected chi connectivity index (χ4v) is 3.98. The zero-order chi connectivity index (χ0) is 24.1. The van der Waals surface area contributed by atoms with Crippen molar-refractivity contribution in [3.8, 4) is 22.3 Å². The SMILES string of the molecule is FC(F)(F)c1cc(-c2ccccc2)c2ccc3c(-c4ccccc4)cc(C(F)(F)F)nc3c2n1. The highest BCUT2D eigenvalue weighted by atomic mass is 19.4. The molecule has 0 aliphatic heterocycles. The lowest BCUT2D eigenvalue weighted by molar-refractivity contribution is -0.141. The quantitative estimate of drug-likeness (QED) is 0.193. The number of pyridine rings is 2. The lowest BCUT2D eigenvalue weighted by Gasteiger charge is -2.16. The Morgan fingerprint density at radius 1 is 0.471 bits per heavy atom. The molecule has 0 saturated carbocycles. The van der Waals surface area contributed by atoms with E-state index in [-0.39, 0.29) is 32.9 Å². The Balaban J connectivity index is 1.95. The van der Waals surface area contributed by atoms with E-state index in [9.17, 15) is 26.3 Å². The summed E-state index contributed by atoms with van der Waals surface area (Å²) in [4.78, 5) is 7.53. The second-order valence-electron chi connectivity index (χ2n) is 7.70. The van der Waals surface area contributed by atoms with Gasteiger partial charge < -0.3 is 0 Å². The van der Waals surface area contributed by atoms with E-state index in [0.29, 0.717) is 11.1 Å². The molecule has 5 rings (SSSR count). The van der Waals surface area contributed by atoms with Gasteiger partial charge in [-0.15, -0.1) is 0 Å². The highest BCUT2D eigenvalue weighted by Crippen LogP contribution is 2.41. The number of rotatable bonds is 2. The third-order valence-corrected chi connectivity index (χ3v) is 5.51. The number of fused-ring (bicyclic) bond motifs is 3. The minimum absolute atomic E-state index is 0.209. The molecule has 2 aromatic heterocycles. The smallest absolute Gasteiger partial charge is 0.241 e. The molecule has 2 heterocycles. The van der Waals surface area contributed by atoms with E-state index in [2.05, 4.69) is 9.97 Å². The fraction of sp³-hybridized carbons (Fsp3) is 0.0769. The number of hydrogen-bond acceptors (Lipinski definition) is 2. The molecule has 0 aliphatic rings. The van der Waals surface area contributed by atoms with Crippen molar-refractivity contribution in [1.29, 1.82) is 0 Å². The largest absolute Gasteiger partial charge is 0.433 e. The number of alkyl halides is 6. The van der Waals surface area contributed by atoms with Crippen molar-refractivity contribution in [2.45, 2.75) is 12.4 Å². The minimum Gasteiger partial charge on any atom is -0.241 e. The van der Waals surface area contributed by atoms with Crippen LogP contribution in [0.2, 0.25) is 0 Å². The predicted octanol–water partition coefficient (Wildman–Crippen LogP) is 8.15. The summed E-state index contributed by atoms with van der Waals surface area (Å²) in [5.74, 6) is 0. The molecular formula is C26H14F6N2. The summed E-state index contributed by atoms with van der Waals surface area (Å²) in [5, 5.41) is 0.551. The summed E-state index contributed by atoms with van der Waals surface area (Å²) in [6.07, 6.45) is -9.60. The molecule has 0 bridgehead atoms. The van der Waals surface area contributed by atoms with Gasteiger partial charge in [-0.25, -0.2) is 9.97 Å². The molecule has 0 N–H and O–H groups in total. The second-order valence-corrected chi connectivity index (χ2v) is 7.70. The number of benzene rings is 3. The van der Waals surface area contributed by atoms with Crippen LogP contribution in [0.3, 0.4) is 0 Å². The van der Waals surface area contributed by atoms with Crippen molar-refractivity contribution >= 4 is 21.8 Å². The van der Waals surface area contributed by atoms with Crippen molar-refractivity contribution < 1.29 is 26.3 Å². The number of halogens is 6. The highest BCUT2D eigenvalue weighted by Gasteiger charge is 2.36. The van der Waals surface area contributed by atoms with Crippen LogP contribution < -0.4 is 0 Å². The predicted molar refractivity (Wildman–Crippen MR) is 118 cm³/mol. The van der Waals surface area contributed by atoms with Gasteiger partial charge in [0.25, 0.3) is 0 Å². The Kier molecular flexibility index (Phi) is 5.04. The molecule has 0 atom stereocenters. The maximum absolute atomic E-state index is 13.8. The van der Waals surface area contributed by atoms with Crippen molar-refractivity contribution in [1.82, 2.24) is 9.97 Å². The zero-order valence-electron chi connectivity index (χ0n) is 17.2. The molecule has 2 nitrogen and oxygen atoms in total. The van der Waals surface area contributed by atoms with Crippen molar-refractivity contribution in [2.75, 3.05) is 0 Å². The topological polar surface area (TPSA) is 25.8 Å². The van der Waals surface area contributed by atoms with Crippen LogP contribution in [-0.4, -0.2) is 9.97 Å². The first-order valence-electron chi connectivity index (χ1n) is 10.2. The van der Waals surface area contributed by atoms with Crippen LogP contribution in [-0.2, 0) is 12.4 Å². The molecule has 0 amide bonds. The van der Waals surface area contributed by atoms with E-state index in [4.69, 9.17) is 0 Å². The van der Waals surface area contributed by atoms with Gasteiger partial charge in [-0.2, -0.15) is 26.3 Å². The number of nitrogens with zero attached hydrogens (tertiary/aromatic N) is 2. The summed E-state index contributed by atoms with van der Waals surface area (Å²) in [5.41, 5.74) is -1.51. The van der Waals surface area contributed by atoms with E-state index in [1.165, 1.54) is 0 Å². The highest BCUT2D eigenvalue weighted by molar-refractivity contribution is 6.12. The van der Waals surface area contributed by atoms with Crippen LogP contribution in [0, 0.1) is 0 Å². The van der Waals surface area contributed by atoms with Crippen LogP contribution in [0.1, 0.15) is 11.4 Å². The van der Waals surface area contributed by atoms with Crippen LogP contribution >= 0.6 is 0 Å². The average molecular weight is 468 g/mol. The van der Waals surface area contributed by atoms with Gasteiger partial charge in [0.15, 0.2) is 0 Å². The van der Waals surface area contributed by atoms with E-state index in [1.54, 1.807) is 72.8 Å². The van der Waals surface area contributed by atoms with E-state index in [1.807, 2.05) is 0 Å². The third-order valence-electron chi connectivity index (χ3n) is 5.51. The molecular weight excluding hydrogens is 454 g/mol. The van der Waals surface area contributed by atoms with Crippen LogP contribution in [0.15, 0.2) is 84.9 Å². The van der Waals surface area contributed by atoms with Gasteiger partial charge in [-0.3, -0.25) is 0 Å². The van der Waals surface area contributed by atoms with E-state index >= 15 is 0 Å². The third kappa shape index (κ3) is 3.85. The van der Waals surface area contributed by atoms with Crippen molar-refractivity contribution in [3.05, 3.63) is 96.3 Å². The Morgan fingerprint density at radius 2 is 0.824 bits per heavy atom. The first kappa shape index (κ1) is 21.9. The zero-order valence-corrected chi connectivity index (χ0v) is 17.2. The molecule has 5 aromatic rings. The Labute approximate surface area is 189 Å². The molecule has 0 saturated heterocycles. The summed E-state index contributed by atoms with van der Waals surface area (Å²) < 4.78 is 82.6. The van der Waals surface area contributed by atoms with Crippen molar-refractivity contribution in [2.24, 2.45) is 0 Å². The number of aromatic nitrogens is 2. The molecule has 170 valence electrons. The molecule has 0 spiro atoms. The Morgan fingerprint density at radius 3 is 1.15 bits per heavy atom. The van der Waals surface area contributed by atoms with Gasteiger partial charge in [-0.05, 0) is 34.4 Å². The monoisotopic (exact) mass is 468 g/mol. The van der Waals surface area contributed by atoms with Crippen LogP contribution in [0.4, 0.5) is 26.3 Å². The molecule has 8 heteroatoms. The Bertz CT molecular complexity index is 1390. The first-order chi connectivity index (χ1) is 16.1. The maximum atomic E-state index is 13.8. The standard InChI is InChI=1S/C26H14F6N2/c27-25(28,29)21-13-19(15-7-3-1-4-8-15)17-11-12-18-20(16-9-5-2-6-10-16)14-22(26(30,31)32)34-24(18)23(17)33-21/h1-14H. The summed E-state index contributed by atoms with van der Waals surface area (Å²) >= 11 is 0. The molecule has 0 radical (unpaired) electrons. The van der Waals surface area contributed by atoms with Crippen LogP contribution in [0.25, 0.3) is 44.1 Å². The van der Waals surface area contributed by atoms with Gasteiger partial charge in [0.1, 0.15) is 11.4 Å². The Hall–Kier alpha value is -3.94. The first-order valence-corrected chi connectivity index (χ1v) is 10.2. The lowest BCUT2D eigenvalue weighted by Crippen LogP contribution is -2.10. The van der Waals surface area contributed by atoms with E-state index < -0.39 is 23.7 Å². The van der Waals surface area contributed by atoms with Crippen molar-refractivity contribution in [3.63, 3.8) is 0 Å². The molecule has 0 fully saturated rings. The number of hydrogen-bond donors (Lipinski definition) is 0. The molecule has 3 aromatic carbocycles. The van der Waals surface area contributed by atoms with Gasteiger partial charge in [-0.1, -0.05) is 72.8 Å². The summed E-state index contributed by atoms with van der Waals surface area (Å²) in [6.45, 7) is 0. The lowest BCUT2D eigenvalue weighted by atomic mass is 9.95. The second kappa shape index (κ2) is 7.83. The average Bonchev–Trinajstić information content (AvgIpc) is 2.82. The summed E-state index contributed by atoms with van der Waals surface area (Å²) in [6, 6.07) is 21.6. The minimum atomic E-state index is -4.80. The van der Waals surface area contributed by atoms with Gasteiger partial charge >= 0.3 is 12.4 Å². The van der Waals surface area contributed by atoms with Gasteiger partial charge in [0.2, 0.25) is 0 Å². The molecule has 34 heavy (non-hydrogen) atoms. The fourth-order valence-electron chi connectivity index (χ4n) is 3.98. The normalized spacial score (nSPS) is 12.4. The van der Waals surface area contributed by atoms with Crippen LogP contribution in [0.5, 0.6) is 0 Å².